The van der Waals surface area contributed by atoms with Crippen molar-refractivity contribution in [2.45, 2.75) is 38.9 Å². The van der Waals surface area contributed by atoms with Crippen molar-refractivity contribution < 1.29 is 0 Å². The summed E-state index contributed by atoms with van der Waals surface area (Å²) in [6.45, 7) is 2.49. The monoisotopic (exact) mass is 502 g/mol. The van der Waals surface area contributed by atoms with Crippen molar-refractivity contribution in [2.24, 2.45) is 0 Å². The molecule has 0 aliphatic carbocycles. The van der Waals surface area contributed by atoms with Crippen molar-refractivity contribution in [3.8, 4) is 0 Å². The van der Waals surface area contributed by atoms with Crippen molar-refractivity contribution in [3.05, 3.63) is 125 Å². The number of unbranched alkanes of at least 4 members (excludes halogenated alkanes) is 1. The van der Waals surface area contributed by atoms with Crippen molar-refractivity contribution in [1.29, 1.82) is 0 Å². The van der Waals surface area contributed by atoms with E-state index in [2.05, 4.69) is 112 Å². The van der Waals surface area contributed by atoms with Crippen LogP contribution in [0.5, 0.6) is 0 Å². The molecular weight excluding hydrogens is 472 g/mol. The maximum absolute atomic E-state index is 5.19. The number of hydrogen-bond acceptors (Lipinski definition) is 4. The highest BCUT2D eigenvalue weighted by molar-refractivity contribution is 7.09. The van der Waals surface area contributed by atoms with Gasteiger partial charge in [0, 0.05) is 29.9 Å². The zero-order valence-electron chi connectivity index (χ0n) is 20.8. The molecule has 6 rings (SSSR count). The van der Waals surface area contributed by atoms with Gasteiger partial charge in [0.1, 0.15) is 5.52 Å². The van der Waals surface area contributed by atoms with Gasteiger partial charge in [0.05, 0.1) is 17.4 Å². The molecule has 3 heterocycles. The van der Waals surface area contributed by atoms with Gasteiger partial charge in [-0.25, -0.2) is 9.97 Å². The molecule has 0 aliphatic rings. The van der Waals surface area contributed by atoms with Crippen LogP contribution in [0.4, 0.5) is 5.82 Å². The molecule has 0 spiro atoms. The van der Waals surface area contributed by atoms with Crippen molar-refractivity contribution in [3.63, 3.8) is 0 Å². The van der Waals surface area contributed by atoms with Gasteiger partial charge in [-0.05, 0) is 47.9 Å². The van der Waals surface area contributed by atoms with E-state index >= 15 is 0 Å². The first-order chi connectivity index (χ1) is 18.3. The summed E-state index contributed by atoms with van der Waals surface area (Å²) in [6.07, 6.45) is 5.44. The van der Waals surface area contributed by atoms with Gasteiger partial charge in [0.15, 0.2) is 5.82 Å². The van der Waals surface area contributed by atoms with Crippen LogP contribution in [0, 0.1) is 0 Å². The van der Waals surface area contributed by atoms with Gasteiger partial charge < -0.3 is 9.47 Å². The average molecular weight is 503 g/mol. The van der Waals surface area contributed by atoms with E-state index in [0.717, 1.165) is 54.7 Å². The lowest BCUT2D eigenvalue weighted by atomic mass is 10.1. The highest BCUT2D eigenvalue weighted by Crippen LogP contribution is 2.32. The van der Waals surface area contributed by atoms with Gasteiger partial charge in [-0.3, -0.25) is 0 Å². The van der Waals surface area contributed by atoms with Crippen molar-refractivity contribution >= 4 is 39.1 Å². The molecular formula is C32H30N4S. The fourth-order valence-corrected chi connectivity index (χ4v) is 5.76. The molecule has 0 bridgehead atoms. The Labute approximate surface area is 221 Å². The summed E-state index contributed by atoms with van der Waals surface area (Å²) in [4.78, 5) is 14.0. The van der Waals surface area contributed by atoms with Crippen molar-refractivity contribution in [1.82, 2.24) is 14.5 Å². The lowest BCUT2D eigenvalue weighted by Crippen LogP contribution is -2.23. The molecule has 184 valence electrons. The molecule has 0 radical (unpaired) electrons. The number of imidazole rings is 1. The molecule has 3 aromatic heterocycles. The van der Waals surface area contributed by atoms with E-state index in [0.29, 0.717) is 0 Å². The smallest absolute Gasteiger partial charge is 0.158 e. The number of aromatic nitrogens is 3. The Bertz CT molecular complexity index is 1530. The highest BCUT2D eigenvalue weighted by Gasteiger charge is 2.19. The number of fused-ring (bicyclic) bond motifs is 3. The standard InChI is InChI=1S/C32H30N4S/c1-3-12-25(13-4-1)22-36(23-26-14-5-2-6-15-26)32-30-31(28-18-7-8-19-29(28)34-32)35(24-33-30)20-10-9-16-27-17-11-21-37-27/h1-8,11-15,17-19,21,24H,9-10,16,20,22-23H2. The van der Waals surface area contributed by atoms with E-state index in [4.69, 9.17) is 9.97 Å². The summed E-state index contributed by atoms with van der Waals surface area (Å²) >= 11 is 1.85. The fraction of sp³-hybridized carbons (Fsp3) is 0.188. The van der Waals surface area contributed by atoms with Crippen LogP contribution in [0.2, 0.25) is 0 Å². The topological polar surface area (TPSA) is 34.0 Å². The minimum absolute atomic E-state index is 0.768. The third kappa shape index (κ3) is 5.27. The van der Waals surface area contributed by atoms with Gasteiger partial charge >= 0.3 is 0 Å². The summed E-state index contributed by atoms with van der Waals surface area (Å²) in [6, 6.07) is 34.1. The van der Waals surface area contributed by atoms with Crippen LogP contribution >= 0.6 is 11.3 Å². The zero-order chi connectivity index (χ0) is 24.9. The Kier molecular flexibility index (Phi) is 6.95. The molecule has 0 saturated heterocycles. The highest BCUT2D eigenvalue weighted by atomic mass is 32.1. The summed E-state index contributed by atoms with van der Waals surface area (Å²) in [5, 5.41) is 3.33. The molecule has 0 atom stereocenters. The number of para-hydroxylation sites is 1. The summed E-state index contributed by atoms with van der Waals surface area (Å²) in [7, 11) is 0. The van der Waals surface area contributed by atoms with Gasteiger partial charge in [0.2, 0.25) is 0 Å². The largest absolute Gasteiger partial charge is 0.346 e. The molecule has 0 amide bonds. The van der Waals surface area contributed by atoms with E-state index in [1.165, 1.54) is 27.9 Å². The third-order valence-corrected chi connectivity index (χ3v) is 7.76. The van der Waals surface area contributed by atoms with Crippen LogP contribution < -0.4 is 4.90 Å². The number of aryl methyl sites for hydroxylation is 2. The number of benzene rings is 3. The third-order valence-electron chi connectivity index (χ3n) is 6.82. The molecule has 0 saturated carbocycles. The maximum atomic E-state index is 5.19. The van der Waals surface area contributed by atoms with E-state index < -0.39 is 0 Å². The quantitative estimate of drug-likeness (QED) is 0.179. The fourth-order valence-electron chi connectivity index (χ4n) is 5.01. The second-order valence-corrected chi connectivity index (χ2v) is 10.5. The summed E-state index contributed by atoms with van der Waals surface area (Å²) < 4.78 is 2.33. The van der Waals surface area contributed by atoms with E-state index in [1.807, 2.05) is 17.7 Å². The number of thiophene rings is 1. The first kappa shape index (κ1) is 23.4. The zero-order valence-corrected chi connectivity index (χ0v) is 21.6. The number of rotatable bonds is 10. The molecule has 4 nitrogen and oxygen atoms in total. The van der Waals surface area contributed by atoms with Crippen LogP contribution in [0.15, 0.2) is 109 Å². The number of pyridine rings is 1. The normalized spacial score (nSPS) is 11.4. The van der Waals surface area contributed by atoms with Crippen LogP contribution in [0.25, 0.3) is 21.9 Å². The Hall–Kier alpha value is -3.96. The second kappa shape index (κ2) is 11.0. The number of nitrogens with zero attached hydrogens (tertiary/aromatic N) is 4. The number of anilines is 1. The second-order valence-electron chi connectivity index (χ2n) is 9.45. The van der Waals surface area contributed by atoms with E-state index in [-0.39, 0.29) is 0 Å². The SMILES string of the molecule is c1ccc(CN(Cc2ccccc2)c2nc3ccccc3c3c2ncn3CCCCc2cccs2)cc1. The minimum Gasteiger partial charge on any atom is -0.346 e. The first-order valence-electron chi connectivity index (χ1n) is 12.9. The van der Waals surface area contributed by atoms with Crippen molar-refractivity contribution in [2.75, 3.05) is 4.90 Å². The summed E-state index contributed by atoms with van der Waals surface area (Å²) in [5.74, 6) is 0.943. The van der Waals surface area contributed by atoms with Gasteiger partial charge in [-0.2, -0.15) is 0 Å². The van der Waals surface area contributed by atoms with Crippen LogP contribution in [-0.2, 0) is 26.1 Å². The molecule has 5 heteroatoms. The van der Waals surface area contributed by atoms with Crippen LogP contribution in [0.1, 0.15) is 28.8 Å². The molecule has 6 aromatic rings. The van der Waals surface area contributed by atoms with Crippen LogP contribution in [0.3, 0.4) is 0 Å². The van der Waals surface area contributed by atoms with E-state index in [9.17, 15) is 0 Å². The van der Waals surface area contributed by atoms with Gasteiger partial charge in [0.25, 0.3) is 0 Å². The van der Waals surface area contributed by atoms with Crippen LogP contribution in [-0.4, -0.2) is 14.5 Å². The Morgan fingerprint density at radius 1 is 0.730 bits per heavy atom. The predicted octanol–water partition coefficient (Wildman–Crippen LogP) is 7.88. The maximum Gasteiger partial charge on any atom is 0.158 e. The van der Waals surface area contributed by atoms with Gasteiger partial charge in [-0.15, -0.1) is 11.3 Å². The lowest BCUT2D eigenvalue weighted by Gasteiger charge is -2.25. The average Bonchev–Trinajstić information content (AvgIpc) is 3.62. The molecule has 37 heavy (non-hydrogen) atoms. The van der Waals surface area contributed by atoms with Gasteiger partial charge in [-0.1, -0.05) is 84.9 Å². The molecule has 0 fully saturated rings. The Morgan fingerprint density at radius 2 is 1.43 bits per heavy atom. The predicted molar refractivity (Wildman–Crippen MR) is 155 cm³/mol. The number of hydrogen-bond donors (Lipinski definition) is 0. The Morgan fingerprint density at radius 3 is 2.14 bits per heavy atom. The summed E-state index contributed by atoms with van der Waals surface area (Å²) in [5.41, 5.74) is 5.69. The molecule has 0 unspecified atom stereocenters. The minimum atomic E-state index is 0.768. The molecule has 3 aromatic carbocycles. The lowest BCUT2D eigenvalue weighted by molar-refractivity contribution is 0.624. The van der Waals surface area contributed by atoms with E-state index in [1.54, 1.807) is 0 Å². The molecule has 0 aliphatic heterocycles. The first-order valence-corrected chi connectivity index (χ1v) is 13.8. The molecule has 0 N–H and O–H groups in total. The Balaban J connectivity index is 1.38.